The molecule has 1 atom stereocenters. The molecule has 0 saturated carbocycles. The summed E-state index contributed by atoms with van der Waals surface area (Å²) in [5.74, 6) is 0.943. The topological polar surface area (TPSA) is 97.5 Å². The van der Waals surface area contributed by atoms with Crippen LogP contribution in [0.3, 0.4) is 0 Å². The second kappa shape index (κ2) is 5.53. The number of nitrogens with zero attached hydrogens (tertiary/aromatic N) is 2. The molecule has 1 unspecified atom stereocenters. The summed E-state index contributed by atoms with van der Waals surface area (Å²) >= 11 is 0. The molecule has 3 rings (SSSR count). The predicted octanol–water partition coefficient (Wildman–Crippen LogP) is 2.14. The van der Waals surface area contributed by atoms with Gasteiger partial charge in [-0.05, 0) is 30.0 Å². The van der Waals surface area contributed by atoms with E-state index in [4.69, 9.17) is 14.4 Å². The normalized spacial score (nSPS) is 16.7. The maximum atomic E-state index is 10.8. The van der Waals surface area contributed by atoms with Crippen LogP contribution in [0.15, 0.2) is 22.7 Å². The summed E-state index contributed by atoms with van der Waals surface area (Å²) in [7, 11) is 1.56. The van der Waals surface area contributed by atoms with Crippen LogP contribution in [0.4, 0.5) is 4.79 Å². The molecule has 1 aliphatic rings. The number of fused-ring (bicyclic) bond motifs is 1. The van der Waals surface area contributed by atoms with Crippen LogP contribution in [-0.2, 0) is 17.8 Å². The number of aromatic nitrogens is 2. The van der Waals surface area contributed by atoms with Crippen LogP contribution < -0.4 is 5.32 Å². The average molecular weight is 289 g/mol. The van der Waals surface area contributed by atoms with Crippen molar-refractivity contribution < 1.29 is 19.2 Å². The Morgan fingerprint density at radius 1 is 1.57 bits per heavy atom. The van der Waals surface area contributed by atoms with E-state index in [1.165, 1.54) is 0 Å². The van der Waals surface area contributed by atoms with Gasteiger partial charge in [0.15, 0.2) is 0 Å². The Bertz CT molecular complexity index is 668. The van der Waals surface area contributed by atoms with E-state index in [1.807, 2.05) is 18.2 Å². The molecule has 0 spiro atoms. The maximum Gasteiger partial charge on any atom is 0.405 e. The van der Waals surface area contributed by atoms with E-state index < -0.39 is 6.09 Å². The number of amides is 1. The predicted molar refractivity (Wildman–Crippen MR) is 72.7 cm³/mol. The molecule has 7 nitrogen and oxygen atoms in total. The molecular formula is C14H15N3O4. The van der Waals surface area contributed by atoms with E-state index in [1.54, 1.807) is 7.11 Å². The summed E-state index contributed by atoms with van der Waals surface area (Å²) in [6.45, 7) is 0.280. The lowest BCUT2D eigenvalue weighted by atomic mass is 10.0. The molecule has 1 aromatic heterocycles. The molecule has 2 N–H and O–H groups in total. The van der Waals surface area contributed by atoms with Crippen molar-refractivity contribution >= 4 is 6.09 Å². The molecule has 0 fully saturated rings. The van der Waals surface area contributed by atoms with E-state index in [-0.39, 0.29) is 12.6 Å². The standard InChI is InChI=1S/C14H15N3O4/c1-20-7-12-16-13(17-21-12)9-2-4-10-8(6-9)3-5-11(10)15-14(18)19/h2,4,6,11,15H,3,5,7H2,1H3,(H,18,19). The van der Waals surface area contributed by atoms with Crippen LogP contribution >= 0.6 is 0 Å². The molecule has 1 heterocycles. The van der Waals surface area contributed by atoms with Crippen molar-refractivity contribution in [3.8, 4) is 11.4 Å². The van der Waals surface area contributed by atoms with Gasteiger partial charge in [-0.25, -0.2) is 4.79 Å². The summed E-state index contributed by atoms with van der Waals surface area (Å²) in [5, 5.41) is 15.3. The fraction of sp³-hybridized carbons (Fsp3) is 0.357. The minimum absolute atomic E-state index is 0.138. The number of hydrogen-bond donors (Lipinski definition) is 2. The summed E-state index contributed by atoms with van der Waals surface area (Å²) in [6, 6.07) is 5.65. The molecule has 0 saturated heterocycles. The molecule has 0 radical (unpaired) electrons. The number of ether oxygens (including phenoxy) is 1. The quantitative estimate of drug-likeness (QED) is 0.895. The van der Waals surface area contributed by atoms with Gasteiger partial charge in [-0.1, -0.05) is 17.3 Å². The molecular weight excluding hydrogens is 274 g/mol. The van der Waals surface area contributed by atoms with Gasteiger partial charge in [0, 0.05) is 12.7 Å². The number of benzene rings is 1. The van der Waals surface area contributed by atoms with E-state index in [0.717, 1.165) is 29.5 Å². The SMILES string of the molecule is COCc1nc(-c2ccc3c(c2)CCC3NC(=O)O)no1. The Balaban J connectivity index is 1.84. The first-order valence-electron chi connectivity index (χ1n) is 6.61. The molecule has 1 aromatic carbocycles. The fourth-order valence-electron chi connectivity index (χ4n) is 2.61. The summed E-state index contributed by atoms with van der Waals surface area (Å²) in [6.07, 6.45) is 0.600. The minimum atomic E-state index is -1.00. The van der Waals surface area contributed by atoms with Gasteiger partial charge in [0.1, 0.15) is 6.61 Å². The van der Waals surface area contributed by atoms with E-state index in [9.17, 15) is 4.79 Å². The van der Waals surface area contributed by atoms with Crippen molar-refractivity contribution in [3.63, 3.8) is 0 Å². The van der Waals surface area contributed by atoms with Gasteiger partial charge < -0.3 is 19.7 Å². The number of nitrogens with one attached hydrogen (secondary N) is 1. The van der Waals surface area contributed by atoms with Crippen molar-refractivity contribution in [1.29, 1.82) is 0 Å². The number of carboxylic acid groups (broad SMARTS) is 1. The van der Waals surface area contributed by atoms with Crippen molar-refractivity contribution in [2.24, 2.45) is 0 Å². The third-order valence-electron chi connectivity index (χ3n) is 3.51. The highest BCUT2D eigenvalue weighted by Crippen LogP contribution is 2.33. The molecule has 110 valence electrons. The van der Waals surface area contributed by atoms with Gasteiger partial charge in [0.2, 0.25) is 5.82 Å². The van der Waals surface area contributed by atoms with Crippen molar-refractivity contribution in [1.82, 2.24) is 15.5 Å². The largest absolute Gasteiger partial charge is 0.465 e. The van der Waals surface area contributed by atoms with Gasteiger partial charge in [-0.3, -0.25) is 0 Å². The molecule has 0 aliphatic heterocycles. The average Bonchev–Trinajstić information content (AvgIpc) is 3.06. The zero-order valence-corrected chi connectivity index (χ0v) is 11.5. The highest BCUT2D eigenvalue weighted by atomic mass is 16.5. The van der Waals surface area contributed by atoms with Crippen LogP contribution in [0.2, 0.25) is 0 Å². The Kier molecular flexibility index (Phi) is 3.57. The molecule has 21 heavy (non-hydrogen) atoms. The smallest absolute Gasteiger partial charge is 0.405 e. The third kappa shape index (κ3) is 2.73. The summed E-state index contributed by atoms with van der Waals surface area (Å²) in [5.41, 5.74) is 2.99. The van der Waals surface area contributed by atoms with E-state index in [0.29, 0.717) is 11.7 Å². The third-order valence-corrected chi connectivity index (χ3v) is 3.51. The van der Waals surface area contributed by atoms with Gasteiger partial charge >= 0.3 is 6.09 Å². The van der Waals surface area contributed by atoms with Crippen molar-refractivity contribution in [2.45, 2.75) is 25.5 Å². The number of rotatable bonds is 4. The van der Waals surface area contributed by atoms with Gasteiger partial charge in [0.05, 0.1) is 6.04 Å². The lowest BCUT2D eigenvalue weighted by Gasteiger charge is -2.11. The lowest BCUT2D eigenvalue weighted by molar-refractivity contribution is 0.151. The van der Waals surface area contributed by atoms with Crippen LogP contribution in [0.1, 0.15) is 29.5 Å². The molecule has 2 aromatic rings. The highest BCUT2D eigenvalue weighted by molar-refractivity contribution is 5.66. The summed E-state index contributed by atoms with van der Waals surface area (Å²) < 4.78 is 10.0. The minimum Gasteiger partial charge on any atom is -0.465 e. The first-order chi connectivity index (χ1) is 10.2. The number of methoxy groups -OCH3 is 1. The monoisotopic (exact) mass is 289 g/mol. The molecule has 0 bridgehead atoms. The number of aryl methyl sites for hydroxylation is 1. The Labute approximate surface area is 120 Å². The zero-order chi connectivity index (χ0) is 14.8. The maximum absolute atomic E-state index is 10.8. The van der Waals surface area contributed by atoms with Gasteiger partial charge in [-0.2, -0.15) is 4.98 Å². The van der Waals surface area contributed by atoms with Gasteiger partial charge in [0.25, 0.3) is 5.89 Å². The van der Waals surface area contributed by atoms with Crippen LogP contribution in [0.25, 0.3) is 11.4 Å². The molecule has 7 heteroatoms. The number of hydrogen-bond acceptors (Lipinski definition) is 5. The fourth-order valence-corrected chi connectivity index (χ4v) is 2.61. The van der Waals surface area contributed by atoms with Gasteiger partial charge in [-0.15, -0.1) is 0 Å². The Morgan fingerprint density at radius 2 is 2.43 bits per heavy atom. The Morgan fingerprint density at radius 3 is 3.19 bits per heavy atom. The lowest BCUT2D eigenvalue weighted by Crippen LogP contribution is -2.24. The van der Waals surface area contributed by atoms with Crippen LogP contribution in [0.5, 0.6) is 0 Å². The first-order valence-corrected chi connectivity index (χ1v) is 6.61. The van der Waals surface area contributed by atoms with Crippen molar-refractivity contribution in [3.05, 3.63) is 35.2 Å². The number of carbonyl (C=O) groups is 1. The van der Waals surface area contributed by atoms with Crippen molar-refractivity contribution in [2.75, 3.05) is 7.11 Å². The first kappa shape index (κ1) is 13.6. The molecule has 1 amide bonds. The second-order valence-corrected chi connectivity index (χ2v) is 4.90. The van der Waals surface area contributed by atoms with E-state index in [2.05, 4.69) is 15.5 Å². The summed E-state index contributed by atoms with van der Waals surface area (Å²) in [4.78, 5) is 15.0. The molecule has 1 aliphatic carbocycles. The van der Waals surface area contributed by atoms with Crippen LogP contribution in [-0.4, -0.2) is 28.5 Å². The highest BCUT2D eigenvalue weighted by Gasteiger charge is 2.24. The second-order valence-electron chi connectivity index (χ2n) is 4.90. The van der Waals surface area contributed by atoms with Crippen LogP contribution in [0, 0.1) is 0 Å². The Hall–Kier alpha value is -2.41. The van der Waals surface area contributed by atoms with E-state index >= 15 is 0 Å². The zero-order valence-electron chi connectivity index (χ0n) is 11.5.